The summed E-state index contributed by atoms with van der Waals surface area (Å²) in [5.41, 5.74) is 2.85. The fourth-order valence-electron chi connectivity index (χ4n) is 2.16. The second-order valence-electron chi connectivity index (χ2n) is 4.65. The Hall–Kier alpha value is -1.10. The minimum atomic E-state index is -0.0608. The number of ether oxygens (including phenoxy) is 1. The first-order valence-corrected chi connectivity index (χ1v) is 8.08. The van der Waals surface area contributed by atoms with E-state index in [1.165, 1.54) is 0 Å². The molecule has 104 valence electrons. The fourth-order valence-corrected chi connectivity index (χ4v) is 3.18. The molecule has 5 heteroatoms. The van der Waals surface area contributed by atoms with Crippen molar-refractivity contribution in [2.45, 2.75) is 13.0 Å². The van der Waals surface area contributed by atoms with Crippen molar-refractivity contribution in [2.24, 2.45) is 0 Å². The van der Waals surface area contributed by atoms with Gasteiger partial charge in [0.2, 0.25) is 0 Å². The van der Waals surface area contributed by atoms with Crippen LogP contribution in [0.4, 0.5) is 0 Å². The SMILES string of the molecule is Cc1c(Cl)nc(C2CSCCO2)nc1-c1ccccc1. The molecule has 20 heavy (non-hydrogen) atoms. The van der Waals surface area contributed by atoms with E-state index < -0.39 is 0 Å². The van der Waals surface area contributed by atoms with Gasteiger partial charge in [0.1, 0.15) is 11.3 Å². The smallest absolute Gasteiger partial charge is 0.160 e. The first kappa shape index (κ1) is 13.9. The molecule has 0 bridgehead atoms. The molecular formula is C15H15ClN2OS. The molecule has 1 aromatic carbocycles. The van der Waals surface area contributed by atoms with E-state index in [4.69, 9.17) is 21.3 Å². The fraction of sp³-hybridized carbons (Fsp3) is 0.333. The zero-order valence-electron chi connectivity index (χ0n) is 11.2. The van der Waals surface area contributed by atoms with Crippen LogP contribution in [0.15, 0.2) is 30.3 Å². The van der Waals surface area contributed by atoms with Crippen molar-refractivity contribution in [1.82, 2.24) is 9.97 Å². The van der Waals surface area contributed by atoms with E-state index in [9.17, 15) is 0 Å². The highest BCUT2D eigenvalue weighted by Gasteiger charge is 2.22. The molecule has 0 amide bonds. The number of benzene rings is 1. The van der Waals surface area contributed by atoms with Gasteiger partial charge in [-0.3, -0.25) is 0 Å². The predicted octanol–water partition coefficient (Wildman–Crippen LogP) is 3.91. The van der Waals surface area contributed by atoms with E-state index >= 15 is 0 Å². The van der Waals surface area contributed by atoms with Gasteiger partial charge in [-0.15, -0.1) is 0 Å². The molecule has 1 aliphatic rings. The Balaban J connectivity index is 2.03. The zero-order valence-corrected chi connectivity index (χ0v) is 12.7. The van der Waals surface area contributed by atoms with Crippen molar-refractivity contribution in [3.8, 4) is 11.3 Å². The predicted molar refractivity (Wildman–Crippen MR) is 83.2 cm³/mol. The Morgan fingerprint density at radius 2 is 2.05 bits per heavy atom. The van der Waals surface area contributed by atoms with Crippen molar-refractivity contribution >= 4 is 23.4 Å². The van der Waals surface area contributed by atoms with E-state index in [0.717, 1.165) is 34.9 Å². The monoisotopic (exact) mass is 306 g/mol. The Morgan fingerprint density at radius 3 is 2.75 bits per heavy atom. The molecule has 1 aliphatic heterocycles. The van der Waals surface area contributed by atoms with Crippen molar-refractivity contribution in [3.63, 3.8) is 0 Å². The van der Waals surface area contributed by atoms with E-state index in [1.54, 1.807) is 0 Å². The lowest BCUT2D eigenvalue weighted by Gasteiger charge is -2.22. The summed E-state index contributed by atoms with van der Waals surface area (Å²) in [5, 5.41) is 0.507. The summed E-state index contributed by atoms with van der Waals surface area (Å²) in [6.45, 7) is 2.69. The standard InChI is InChI=1S/C15H15ClN2OS/c1-10-13(11-5-3-2-4-6-11)17-15(18-14(10)16)12-9-20-8-7-19-12/h2-6,12H,7-9H2,1H3. The third kappa shape index (κ3) is 2.82. The zero-order chi connectivity index (χ0) is 13.9. The quantitative estimate of drug-likeness (QED) is 0.788. The van der Waals surface area contributed by atoms with Crippen LogP contribution in [0.1, 0.15) is 17.5 Å². The van der Waals surface area contributed by atoms with Crippen LogP contribution in [0.25, 0.3) is 11.3 Å². The first-order valence-electron chi connectivity index (χ1n) is 6.54. The molecule has 1 atom stereocenters. The van der Waals surface area contributed by atoms with E-state index in [-0.39, 0.29) is 6.10 Å². The number of hydrogen-bond acceptors (Lipinski definition) is 4. The summed E-state index contributed by atoms with van der Waals surface area (Å²) in [5.74, 6) is 2.60. The van der Waals surface area contributed by atoms with Gasteiger partial charge in [-0.05, 0) is 6.92 Å². The van der Waals surface area contributed by atoms with Crippen molar-refractivity contribution in [2.75, 3.05) is 18.1 Å². The molecule has 1 saturated heterocycles. The lowest BCUT2D eigenvalue weighted by Crippen LogP contribution is -2.18. The van der Waals surface area contributed by atoms with Gasteiger partial charge < -0.3 is 4.74 Å². The summed E-state index contributed by atoms with van der Waals surface area (Å²) < 4.78 is 5.75. The average molecular weight is 307 g/mol. The molecule has 0 radical (unpaired) electrons. The third-order valence-electron chi connectivity index (χ3n) is 3.25. The molecule has 0 spiro atoms. The molecular weight excluding hydrogens is 292 g/mol. The van der Waals surface area contributed by atoms with Gasteiger partial charge >= 0.3 is 0 Å². The summed E-state index contributed by atoms with van der Waals surface area (Å²) in [4.78, 5) is 9.09. The number of rotatable bonds is 2. The number of aromatic nitrogens is 2. The van der Waals surface area contributed by atoms with Gasteiger partial charge in [0.15, 0.2) is 5.82 Å². The molecule has 0 aliphatic carbocycles. The Labute approximate surface area is 127 Å². The second-order valence-corrected chi connectivity index (χ2v) is 6.15. The number of thioether (sulfide) groups is 1. The molecule has 1 aromatic heterocycles. The maximum absolute atomic E-state index is 6.27. The number of hydrogen-bond donors (Lipinski definition) is 0. The topological polar surface area (TPSA) is 35.0 Å². The van der Waals surface area contributed by atoms with Crippen LogP contribution in [-0.2, 0) is 4.74 Å². The van der Waals surface area contributed by atoms with Crippen LogP contribution in [-0.4, -0.2) is 28.1 Å². The van der Waals surface area contributed by atoms with Crippen LogP contribution in [0.3, 0.4) is 0 Å². The van der Waals surface area contributed by atoms with Crippen LogP contribution < -0.4 is 0 Å². The van der Waals surface area contributed by atoms with Gasteiger partial charge in [-0.25, -0.2) is 9.97 Å². The van der Waals surface area contributed by atoms with Gasteiger partial charge in [-0.1, -0.05) is 41.9 Å². The van der Waals surface area contributed by atoms with Crippen LogP contribution in [0.2, 0.25) is 5.15 Å². The summed E-state index contributed by atoms with van der Waals surface area (Å²) in [6.07, 6.45) is -0.0608. The highest BCUT2D eigenvalue weighted by molar-refractivity contribution is 7.99. The maximum Gasteiger partial charge on any atom is 0.160 e. The van der Waals surface area contributed by atoms with Gasteiger partial charge in [0.05, 0.1) is 12.3 Å². The number of nitrogens with zero attached hydrogens (tertiary/aromatic N) is 2. The van der Waals surface area contributed by atoms with E-state index in [2.05, 4.69) is 4.98 Å². The summed E-state index contributed by atoms with van der Waals surface area (Å²) >= 11 is 8.14. The molecule has 3 rings (SSSR count). The Bertz CT molecular complexity index is 600. The molecule has 0 N–H and O–H groups in total. The highest BCUT2D eigenvalue weighted by atomic mass is 35.5. The lowest BCUT2D eigenvalue weighted by atomic mass is 10.1. The van der Waals surface area contributed by atoms with Gasteiger partial charge in [0, 0.05) is 22.6 Å². The lowest BCUT2D eigenvalue weighted by molar-refractivity contribution is 0.0695. The van der Waals surface area contributed by atoms with Gasteiger partial charge in [-0.2, -0.15) is 11.8 Å². The third-order valence-corrected chi connectivity index (χ3v) is 4.62. The van der Waals surface area contributed by atoms with Crippen molar-refractivity contribution in [1.29, 1.82) is 0 Å². The normalized spacial score (nSPS) is 19.0. The molecule has 2 aromatic rings. The average Bonchev–Trinajstić information content (AvgIpc) is 2.51. The maximum atomic E-state index is 6.27. The molecule has 1 fully saturated rings. The van der Waals surface area contributed by atoms with E-state index in [0.29, 0.717) is 11.0 Å². The molecule has 3 nitrogen and oxygen atoms in total. The number of halogens is 1. The molecule has 0 saturated carbocycles. The largest absolute Gasteiger partial charge is 0.368 e. The van der Waals surface area contributed by atoms with Crippen LogP contribution >= 0.6 is 23.4 Å². The molecule has 1 unspecified atom stereocenters. The van der Waals surface area contributed by atoms with Crippen LogP contribution in [0, 0.1) is 6.92 Å². The van der Waals surface area contributed by atoms with Crippen molar-refractivity contribution in [3.05, 3.63) is 46.9 Å². The Kier molecular flexibility index (Phi) is 4.24. The second kappa shape index (κ2) is 6.12. The first-order chi connectivity index (χ1) is 9.75. The van der Waals surface area contributed by atoms with E-state index in [1.807, 2.05) is 49.0 Å². The summed E-state index contributed by atoms with van der Waals surface area (Å²) in [7, 11) is 0. The minimum Gasteiger partial charge on any atom is -0.368 e. The van der Waals surface area contributed by atoms with Crippen LogP contribution in [0.5, 0.6) is 0 Å². The highest BCUT2D eigenvalue weighted by Crippen LogP contribution is 2.30. The molecule has 2 heterocycles. The van der Waals surface area contributed by atoms with Gasteiger partial charge in [0.25, 0.3) is 0 Å². The summed E-state index contributed by atoms with van der Waals surface area (Å²) in [6, 6.07) is 10.1. The Morgan fingerprint density at radius 1 is 1.25 bits per heavy atom. The van der Waals surface area contributed by atoms with Crippen molar-refractivity contribution < 1.29 is 4.74 Å². The minimum absolute atomic E-state index is 0.0608.